The van der Waals surface area contributed by atoms with E-state index < -0.39 is 12.1 Å². The van der Waals surface area contributed by atoms with Crippen molar-refractivity contribution in [3.63, 3.8) is 0 Å². The Kier molecular flexibility index (Phi) is 6.61. The van der Waals surface area contributed by atoms with Gasteiger partial charge in [-0.2, -0.15) is 0 Å². The number of hydrogen-bond donors (Lipinski definition) is 1. The highest BCUT2D eigenvalue weighted by atomic mass is 16.5. The molecule has 1 N–H and O–H groups in total. The first kappa shape index (κ1) is 20.5. The van der Waals surface area contributed by atoms with Crippen LogP contribution in [0, 0.1) is 0 Å². The predicted molar refractivity (Wildman–Crippen MR) is 109 cm³/mol. The van der Waals surface area contributed by atoms with Gasteiger partial charge in [0.2, 0.25) is 0 Å². The summed E-state index contributed by atoms with van der Waals surface area (Å²) in [5.41, 5.74) is 1.37. The van der Waals surface area contributed by atoms with E-state index in [2.05, 4.69) is 4.98 Å². The van der Waals surface area contributed by atoms with Crippen molar-refractivity contribution in [2.45, 2.75) is 32.5 Å². The largest absolute Gasteiger partial charge is 0.486 e. The molecule has 0 radical (unpaired) electrons. The summed E-state index contributed by atoms with van der Waals surface area (Å²) in [7, 11) is 1.67. The van der Waals surface area contributed by atoms with Gasteiger partial charge in [-0.25, -0.2) is 9.78 Å². The molecule has 3 rings (SSSR count). The molecule has 0 aliphatic carbocycles. The van der Waals surface area contributed by atoms with Crippen molar-refractivity contribution in [3.05, 3.63) is 70.3 Å². The number of carboxylic acids is 1. The van der Waals surface area contributed by atoms with Gasteiger partial charge in [0, 0.05) is 20.1 Å². The molecule has 29 heavy (non-hydrogen) atoms. The maximum Gasteiger partial charge on any atom is 0.333 e. The molecule has 0 aliphatic rings. The quantitative estimate of drug-likeness (QED) is 0.598. The molecular weight excluding hydrogens is 372 g/mol. The molecule has 0 aliphatic heterocycles. The number of carbonyl (C=O) groups is 1. The molecule has 2 aromatic carbocycles. The van der Waals surface area contributed by atoms with E-state index in [1.165, 1.54) is 4.57 Å². The van der Waals surface area contributed by atoms with Gasteiger partial charge in [0.25, 0.3) is 5.56 Å². The first-order valence-corrected chi connectivity index (χ1v) is 9.50. The summed E-state index contributed by atoms with van der Waals surface area (Å²) in [5.74, 6) is 0.163. The molecule has 1 heterocycles. The van der Waals surface area contributed by atoms with E-state index in [0.29, 0.717) is 29.1 Å². The zero-order valence-corrected chi connectivity index (χ0v) is 16.5. The number of nitrogens with zero attached hydrogens (tertiary/aromatic N) is 2. The Bertz CT molecular complexity index is 1040. The number of rotatable bonds is 9. The standard InChI is InChI=1S/C22H24N2O5/c1-3-12-28-19(22(26)27)13-15-8-10-16(11-9-15)29-14-20-23-18-7-5-4-6-17(18)21(25)24(20)2/h4-11,19H,3,12-14H2,1-2H3,(H,26,27). The van der Waals surface area contributed by atoms with Crippen molar-refractivity contribution in [1.82, 2.24) is 9.55 Å². The Morgan fingerprint density at radius 1 is 1.17 bits per heavy atom. The minimum Gasteiger partial charge on any atom is -0.486 e. The first-order chi connectivity index (χ1) is 14.0. The maximum absolute atomic E-state index is 12.4. The predicted octanol–water partition coefficient (Wildman–Crippen LogP) is 2.93. The van der Waals surface area contributed by atoms with Crippen molar-refractivity contribution in [2.24, 2.45) is 7.05 Å². The number of ether oxygens (including phenoxy) is 2. The number of aliphatic carboxylic acids is 1. The highest BCUT2D eigenvalue weighted by Crippen LogP contribution is 2.16. The van der Waals surface area contributed by atoms with Crippen molar-refractivity contribution in [2.75, 3.05) is 6.61 Å². The average molecular weight is 396 g/mol. The van der Waals surface area contributed by atoms with Crippen LogP contribution in [-0.2, 0) is 29.6 Å². The number of hydrogen-bond acceptors (Lipinski definition) is 5. The number of carboxylic acid groups (broad SMARTS) is 1. The molecular formula is C22H24N2O5. The summed E-state index contributed by atoms with van der Waals surface area (Å²) in [6, 6.07) is 14.4. The molecule has 7 nitrogen and oxygen atoms in total. The zero-order chi connectivity index (χ0) is 20.8. The minimum atomic E-state index is -0.970. The number of aromatic nitrogens is 2. The van der Waals surface area contributed by atoms with Gasteiger partial charge in [-0.3, -0.25) is 9.36 Å². The van der Waals surface area contributed by atoms with E-state index in [-0.39, 0.29) is 18.6 Å². The lowest BCUT2D eigenvalue weighted by atomic mass is 10.1. The first-order valence-electron chi connectivity index (χ1n) is 9.50. The van der Waals surface area contributed by atoms with Gasteiger partial charge in [-0.1, -0.05) is 31.2 Å². The highest BCUT2D eigenvalue weighted by Gasteiger charge is 2.18. The molecule has 0 fully saturated rings. The zero-order valence-electron chi connectivity index (χ0n) is 16.5. The molecule has 3 aromatic rings. The third-order valence-electron chi connectivity index (χ3n) is 4.59. The Morgan fingerprint density at radius 3 is 2.59 bits per heavy atom. The van der Waals surface area contributed by atoms with Gasteiger partial charge < -0.3 is 14.6 Å². The molecule has 0 bridgehead atoms. The molecule has 0 saturated carbocycles. The fourth-order valence-corrected chi connectivity index (χ4v) is 2.95. The van der Waals surface area contributed by atoms with Crippen LogP contribution in [0.5, 0.6) is 5.75 Å². The topological polar surface area (TPSA) is 90.7 Å². The Balaban J connectivity index is 1.68. The number of para-hydroxylation sites is 1. The van der Waals surface area contributed by atoms with E-state index in [9.17, 15) is 14.7 Å². The highest BCUT2D eigenvalue weighted by molar-refractivity contribution is 5.77. The van der Waals surface area contributed by atoms with Crippen LogP contribution in [0.25, 0.3) is 10.9 Å². The second-order valence-electron chi connectivity index (χ2n) is 6.74. The third kappa shape index (κ3) is 5.00. The van der Waals surface area contributed by atoms with Gasteiger partial charge in [-0.05, 0) is 36.2 Å². The maximum atomic E-state index is 12.4. The number of benzene rings is 2. The van der Waals surface area contributed by atoms with E-state index in [4.69, 9.17) is 9.47 Å². The Morgan fingerprint density at radius 2 is 1.90 bits per heavy atom. The fourth-order valence-electron chi connectivity index (χ4n) is 2.95. The summed E-state index contributed by atoms with van der Waals surface area (Å²) in [5, 5.41) is 9.84. The fraction of sp³-hybridized carbons (Fsp3) is 0.318. The van der Waals surface area contributed by atoms with Crippen LogP contribution in [0.2, 0.25) is 0 Å². The summed E-state index contributed by atoms with van der Waals surface area (Å²) < 4.78 is 12.6. The molecule has 1 atom stereocenters. The lowest BCUT2D eigenvalue weighted by Gasteiger charge is -2.14. The smallest absolute Gasteiger partial charge is 0.333 e. The van der Waals surface area contributed by atoms with Gasteiger partial charge >= 0.3 is 5.97 Å². The van der Waals surface area contributed by atoms with Crippen molar-refractivity contribution >= 4 is 16.9 Å². The van der Waals surface area contributed by atoms with E-state index in [1.807, 2.05) is 31.2 Å². The Hall–Kier alpha value is -3.19. The third-order valence-corrected chi connectivity index (χ3v) is 4.59. The molecule has 7 heteroatoms. The monoisotopic (exact) mass is 396 g/mol. The summed E-state index contributed by atoms with van der Waals surface area (Å²) >= 11 is 0. The van der Waals surface area contributed by atoms with Crippen LogP contribution >= 0.6 is 0 Å². The number of fused-ring (bicyclic) bond motifs is 1. The van der Waals surface area contributed by atoms with Gasteiger partial charge in [0.05, 0.1) is 10.9 Å². The van der Waals surface area contributed by atoms with Crippen LogP contribution in [-0.4, -0.2) is 33.3 Å². The molecule has 0 spiro atoms. The molecule has 0 saturated heterocycles. The molecule has 1 unspecified atom stereocenters. The lowest BCUT2D eigenvalue weighted by Crippen LogP contribution is -2.26. The SMILES string of the molecule is CCCOC(Cc1ccc(OCc2nc3ccccc3c(=O)n2C)cc1)C(=O)O. The summed E-state index contributed by atoms with van der Waals surface area (Å²) in [6.07, 6.45) is 0.191. The van der Waals surface area contributed by atoms with Crippen molar-refractivity contribution < 1.29 is 19.4 Å². The normalized spacial score (nSPS) is 12.1. The van der Waals surface area contributed by atoms with E-state index in [0.717, 1.165) is 12.0 Å². The van der Waals surface area contributed by atoms with E-state index >= 15 is 0 Å². The van der Waals surface area contributed by atoms with Crippen LogP contribution in [0.1, 0.15) is 24.7 Å². The summed E-state index contributed by atoms with van der Waals surface area (Å²) in [6.45, 7) is 2.49. The van der Waals surface area contributed by atoms with Gasteiger partial charge in [0.1, 0.15) is 18.2 Å². The van der Waals surface area contributed by atoms with Crippen molar-refractivity contribution in [3.8, 4) is 5.75 Å². The van der Waals surface area contributed by atoms with Crippen LogP contribution in [0.3, 0.4) is 0 Å². The minimum absolute atomic E-state index is 0.115. The molecule has 0 amide bonds. The second-order valence-corrected chi connectivity index (χ2v) is 6.74. The average Bonchev–Trinajstić information content (AvgIpc) is 2.73. The second kappa shape index (κ2) is 9.34. The van der Waals surface area contributed by atoms with Gasteiger partial charge in [-0.15, -0.1) is 0 Å². The van der Waals surface area contributed by atoms with Crippen LogP contribution < -0.4 is 10.3 Å². The van der Waals surface area contributed by atoms with E-state index in [1.54, 1.807) is 31.3 Å². The molecule has 1 aromatic heterocycles. The lowest BCUT2D eigenvalue weighted by molar-refractivity contribution is -0.150. The summed E-state index contributed by atoms with van der Waals surface area (Å²) in [4.78, 5) is 28.3. The Labute approximate surface area is 168 Å². The van der Waals surface area contributed by atoms with Crippen molar-refractivity contribution in [1.29, 1.82) is 0 Å². The van der Waals surface area contributed by atoms with Crippen LogP contribution in [0.4, 0.5) is 0 Å². The molecule has 152 valence electrons. The van der Waals surface area contributed by atoms with Gasteiger partial charge in [0.15, 0.2) is 6.10 Å². The van der Waals surface area contributed by atoms with Crippen LogP contribution in [0.15, 0.2) is 53.3 Å².